The van der Waals surface area contributed by atoms with Gasteiger partial charge in [0.05, 0.1) is 13.2 Å². The summed E-state index contributed by atoms with van der Waals surface area (Å²) in [6, 6.07) is 14.7. The van der Waals surface area contributed by atoms with Gasteiger partial charge in [-0.3, -0.25) is 0 Å². The molecule has 2 aromatic carbocycles. The Morgan fingerprint density at radius 2 is 1.84 bits per heavy atom. The number of esters is 1. The van der Waals surface area contributed by atoms with Crippen molar-refractivity contribution < 1.29 is 19.0 Å². The van der Waals surface area contributed by atoms with E-state index in [1.54, 1.807) is 19.3 Å². The Morgan fingerprint density at radius 1 is 1.08 bits per heavy atom. The molecule has 0 aromatic heterocycles. The first-order chi connectivity index (χ1) is 12.0. The molecule has 0 saturated carbocycles. The molecular weight excluding hydrogens is 318 g/mol. The minimum absolute atomic E-state index is 0.115. The number of nitrogens with zero attached hydrogens (tertiary/aromatic N) is 1. The average molecular weight is 337 g/mol. The van der Waals surface area contributed by atoms with Gasteiger partial charge in [-0.05, 0) is 55.8 Å². The largest absolute Gasteiger partial charge is 0.497 e. The maximum absolute atomic E-state index is 12.1. The van der Waals surface area contributed by atoms with Gasteiger partial charge in [0.2, 0.25) is 5.90 Å². The molecule has 3 rings (SSSR count). The standard InChI is InChI=1S/C20H19NO4/c1-13(2)24-16-9-7-14(8-10-16)11-18-20(22)25-19(21-18)15-5-4-6-17(12-15)23-3/h4-13H,1-3H3/b18-11+. The van der Waals surface area contributed by atoms with Crippen molar-refractivity contribution in [2.24, 2.45) is 4.99 Å². The van der Waals surface area contributed by atoms with Crippen molar-refractivity contribution in [2.75, 3.05) is 7.11 Å². The topological polar surface area (TPSA) is 57.1 Å². The molecule has 2 aromatic rings. The summed E-state index contributed by atoms with van der Waals surface area (Å²) in [6.45, 7) is 3.94. The first-order valence-corrected chi connectivity index (χ1v) is 7.99. The number of ether oxygens (including phenoxy) is 3. The van der Waals surface area contributed by atoms with Crippen LogP contribution >= 0.6 is 0 Å². The molecular formula is C20H19NO4. The van der Waals surface area contributed by atoms with E-state index < -0.39 is 5.97 Å². The fourth-order valence-electron chi connectivity index (χ4n) is 2.36. The van der Waals surface area contributed by atoms with Gasteiger partial charge in [0.15, 0.2) is 5.70 Å². The Kier molecular flexibility index (Phi) is 4.84. The number of benzene rings is 2. The maximum atomic E-state index is 12.1. The second kappa shape index (κ2) is 7.21. The number of rotatable bonds is 5. The average Bonchev–Trinajstić information content (AvgIpc) is 2.97. The summed E-state index contributed by atoms with van der Waals surface area (Å²) >= 11 is 0. The van der Waals surface area contributed by atoms with E-state index >= 15 is 0 Å². The molecule has 0 amide bonds. The fraction of sp³-hybridized carbons (Fsp3) is 0.200. The van der Waals surface area contributed by atoms with Crippen LogP contribution in [0.5, 0.6) is 11.5 Å². The molecule has 1 aliphatic heterocycles. The van der Waals surface area contributed by atoms with Gasteiger partial charge in [-0.1, -0.05) is 18.2 Å². The molecule has 25 heavy (non-hydrogen) atoms. The zero-order valence-corrected chi connectivity index (χ0v) is 14.4. The lowest BCUT2D eigenvalue weighted by Gasteiger charge is -2.09. The van der Waals surface area contributed by atoms with Crippen LogP contribution < -0.4 is 9.47 Å². The first-order valence-electron chi connectivity index (χ1n) is 7.99. The molecule has 0 spiro atoms. The monoisotopic (exact) mass is 337 g/mol. The van der Waals surface area contributed by atoms with Gasteiger partial charge in [0.25, 0.3) is 0 Å². The summed E-state index contributed by atoms with van der Waals surface area (Å²) in [5.74, 6) is 1.26. The molecule has 5 nitrogen and oxygen atoms in total. The highest BCUT2D eigenvalue weighted by atomic mass is 16.6. The van der Waals surface area contributed by atoms with Gasteiger partial charge in [0, 0.05) is 5.56 Å². The molecule has 0 bridgehead atoms. The van der Waals surface area contributed by atoms with Crippen molar-refractivity contribution in [1.82, 2.24) is 0 Å². The van der Waals surface area contributed by atoms with Crippen LogP contribution in [-0.2, 0) is 9.53 Å². The normalized spacial score (nSPS) is 15.3. The molecule has 1 aliphatic rings. The number of hydrogen-bond donors (Lipinski definition) is 0. The third kappa shape index (κ3) is 4.07. The number of aliphatic imine (C=N–C) groups is 1. The lowest BCUT2D eigenvalue weighted by Crippen LogP contribution is -2.05. The van der Waals surface area contributed by atoms with Crippen molar-refractivity contribution in [3.63, 3.8) is 0 Å². The van der Waals surface area contributed by atoms with Gasteiger partial charge in [0.1, 0.15) is 11.5 Å². The molecule has 0 atom stereocenters. The number of hydrogen-bond acceptors (Lipinski definition) is 5. The van der Waals surface area contributed by atoms with Crippen molar-refractivity contribution in [1.29, 1.82) is 0 Å². The number of carbonyl (C=O) groups is 1. The molecule has 0 aliphatic carbocycles. The second-order valence-corrected chi connectivity index (χ2v) is 5.80. The van der Waals surface area contributed by atoms with E-state index in [2.05, 4.69) is 4.99 Å². The molecule has 1 heterocycles. The van der Waals surface area contributed by atoms with Crippen molar-refractivity contribution in [3.05, 3.63) is 65.4 Å². The molecule has 0 fully saturated rings. The van der Waals surface area contributed by atoms with Crippen LogP contribution in [0.2, 0.25) is 0 Å². The highest BCUT2D eigenvalue weighted by Gasteiger charge is 2.24. The second-order valence-electron chi connectivity index (χ2n) is 5.80. The number of carbonyl (C=O) groups excluding carboxylic acids is 1. The van der Waals surface area contributed by atoms with E-state index in [1.807, 2.05) is 56.3 Å². The quantitative estimate of drug-likeness (QED) is 0.615. The van der Waals surface area contributed by atoms with E-state index in [4.69, 9.17) is 14.2 Å². The van der Waals surface area contributed by atoms with E-state index in [1.165, 1.54) is 0 Å². The minimum Gasteiger partial charge on any atom is -0.497 e. The molecule has 5 heteroatoms. The van der Waals surface area contributed by atoms with E-state index in [9.17, 15) is 4.79 Å². The predicted molar refractivity (Wildman–Crippen MR) is 95.8 cm³/mol. The molecule has 0 saturated heterocycles. The van der Waals surface area contributed by atoms with E-state index in [-0.39, 0.29) is 17.7 Å². The van der Waals surface area contributed by atoms with Crippen molar-refractivity contribution >= 4 is 17.9 Å². The van der Waals surface area contributed by atoms with Gasteiger partial charge in [-0.25, -0.2) is 9.79 Å². The Balaban J connectivity index is 1.83. The summed E-state index contributed by atoms with van der Waals surface area (Å²) in [5, 5.41) is 0. The summed E-state index contributed by atoms with van der Waals surface area (Å²) < 4.78 is 16.1. The zero-order chi connectivity index (χ0) is 17.8. The van der Waals surface area contributed by atoms with Crippen LogP contribution in [0, 0.1) is 0 Å². The lowest BCUT2D eigenvalue weighted by atomic mass is 10.2. The highest BCUT2D eigenvalue weighted by molar-refractivity contribution is 6.12. The van der Waals surface area contributed by atoms with E-state index in [0.717, 1.165) is 11.3 Å². The van der Waals surface area contributed by atoms with E-state index in [0.29, 0.717) is 11.3 Å². The van der Waals surface area contributed by atoms with Crippen molar-refractivity contribution in [2.45, 2.75) is 20.0 Å². The van der Waals surface area contributed by atoms with Crippen LogP contribution in [0.1, 0.15) is 25.0 Å². The maximum Gasteiger partial charge on any atom is 0.363 e. The predicted octanol–water partition coefficient (Wildman–Crippen LogP) is 3.83. The zero-order valence-electron chi connectivity index (χ0n) is 14.4. The van der Waals surface area contributed by atoms with Crippen LogP contribution in [0.3, 0.4) is 0 Å². The molecule has 0 radical (unpaired) electrons. The van der Waals surface area contributed by atoms with Crippen molar-refractivity contribution in [3.8, 4) is 11.5 Å². The highest BCUT2D eigenvalue weighted by Crippen LogP contribution is 2.22. The summed E-state index contributed by atoms with van der Waals surface area (Å²) in [5.41, 5.74) is 1.80. The Hall–Kier alpha value is -3.08. The van der Waals surface area contributed by atoms with Gasteiger partial charge in [-0.15, -0.1) is 0 Å². The smallest absolute Gasteiger partial charge is 0.363 e. The number of cyclic esters (lactones) is 1. The molecule has 0 unspecified atom stereocenters. The van der Waals surface area contributed by atoms with Crippen LogP contribution in [0.15, 0.2) is 59.2 Å². The Morgan fingerprint density at radius 3 is 2.52 bits per heavy atom. The molecule has 0 N–H and O–H groups in total. The SMILES string of the molecule is COc1cccc(C2=N/C(=C/c3ccc(OC(C)C)cc3)C(=O)O2)c1. The third-order valence-corrected chi connectivity index (χ3v) is 3.49. The Bertz CT molecular complexity index is 835. The third-order valence-electron chi connectivity index (χ3n) is 3.49. The Labute approximate surface area is 146 Å². The minimum atomic E-state index is -0.472. The van der Waals surface area contributed by atoms with Gasteiger partial charge >= 0.3 is 5.97 Å². The van der Waals surface area contributed by atoms with Crippen LogP contribution in [-0.4, -0.2) is 25.1 Å². The first kappa shape index (κ1) is 16.8. The summed E-state index contributed by atoms with van der Waals surface area (Å²) in [6.07, 6.45) is 1.80. The van der Waals surface area contributed by atoms with Crippen LogP contribution in [0.25, 0.3) is 6.08 Å². The lowest BCUT2D eigenvalue weighted by molar-refractivity contribution is -0.129. The molecule has 128 valence electrons. The van der Waals surface area contributed by atoms with Crippen LogP contribution in [0.4, 0.5) is 0 Å². The summed E-state index contributed by atoms with van der Waals surface area (Å²) in [7, 11) is 1.58. The fourth-order valence-corrected chi connectivity index (χ4v) is 2.36. The summed E-state index contributed by atoms with van der Waals surface area (Å²) in [4.78, 5) is 16.4. The number of methoxy groups -OCH3 is 1. The van der Waals surface area contributed by atoms with Gasteiger partial charge < -0.3 is 14.2 Å². The van der Waals surface area contributed by atoms with Gasteiger partial charge in [-0.2, -0.15) is 0 Å².